The minimum atomic E-state index is -0.174. The first-order valence-corrected chi connectivity index (χ1v) is 9.29. The third kappa shape index (κ3) is 3.18. The minimum Gasteiger partial charge on any atom is -0.348 e. The highest BCUT2D eigenvalue weighted by Gasteiger charge is 2.45. The predicted molar refractivity (Wildman–Crippen MR) is 94.4 cm³/mol. The number of rotatable bonds is 4. The molecule has 4 N–H and O–H groups in total. The van der Waals surface area contributed by atoms with E-state index in [1.165, 1.54) is 0 Å². The van der Waals surface area contributed by atoms with Crippen molar-refractivity contribution < 1.29 is 4.79 Å². The fourth-order valence-corrected chi connectivity index (χ4v) is 4.27. The van der Waals surface area contributed by atoms with Crippen molar-refractivity contribution in [1.29, 1.82) is 0 Å². The fraction of sp³-hybridized carbons (Fsp3) is 0.611. The number of amides is 1. The van der Waals surface area contributed by atoms with E-state index < -0.39 is 0 Å². The van der Waals surface area contributed by atoms with Gasteiger partial charge in [-0.1, -0.05) is 30.7 Å². The molecule has 2 saturated heterocycles. The third-order valence-electron chi connectivity index (χ3n) is 5.79. The molecule has 3 fully saturated rings. The number of nitrogens with one attached hydrogen (secondary N) is 4. The summed E-state index contributed by atoms with van der Waals surface area (Å²) in [4.78, 5) is 12.9. The summed E-state index contributed by atoms with van der Waals surface area (Å²) in [5, 5.41) is 7.43. The quantitative estimate of drug-likeness (QED) is 0.667. The van der Waals surface area contributed by atoms with Crippen molar-refractivity contribution in [1.82, 2.24) is 21.5 Å². The van der Waals surface area contributed by atoms with Crippen LogP contribution in [-0.2, 0) is 4.79 Å². The normalized spacial score (nSPS) is 36.0. The first kappa shape index (κ1) is 16.3. The van der Waals surface area contributed by atoms with Crippen LogP contribution in [0, 0.1) is 17.8 Å². The first-order chi connectivity index (χ1) is 11.6. The molecule has 4 rings (SSSR count). The molecule has 6 atom stereocenters. The number of carbonyl (C=O) groups is 1. The first-order valence-electron chi connectivity index (χ1n) is 8.91. The topological polar surface area (TPSA) is 65.2 Å². The van der Waals surface area contributed by atoms with E-state index in [2.05, 4.69) is 28.4 Å². The van der Waals surface area contributed by atoms with Crippen molar-refractivity contribution in [3.05, 3.63) is 34.9 Å². The van der Waals surface area contributed by atoms with E-state index in [0.29, 0.717) is 23.8 Å². The van der Waals surface area contributed by atoms with Gasteiger partial charge in [-0.3, -0.25) is 10.2 Å². The van der Waals surface area contributed by atoms with Gasteiger partial charge >= 0.3 is 0 Å². The highest BCUT2D eigenvalue weighted by Crippen LogP contribution is 2.47. The van der Waals surface area contributed by atoms with Gasteiger partial charge in [0.05, 0.1) is 6.04 Å². The minimum absolute atomic E-state index is 0.0715. The molecule has 5 nitrogen and oxygen atoms in total. The Morgan fingerprint density at radius 2 is 2.04 bits per heavy atom. The monoisotopic (exact) mass is 348 g/mol. The number of hydrogen-bond acceptors (Lipinski definition) is 4. The second-order valence-corrected chi connectivity index (χ2v) is 7.88. The van der Waals surface area contributed by atoms with Crippen LogP contribution in [0.15, 0.2) is 24.3 Å². The number of fused-ring (bicyclic) bond motifs is 1. The van der Waals surface area contributed by atoms with Crippen LogP contribution in [-0.4, -0.2) is 31.1 Å². The average Bonchev–Trinajstić information content (AvgIpc) is 3.15. The van der Waals surface area contributed by atoms with Crippen LogP contribution in [0.2, 0.25) is 5.02 Å². The van der Waals surface area contributed by atoms with Crippen molar-refractivity contribution in [2.45, 2.75) is 37.9 Å². The zero-order chi connectivity index (χ0) is 16.7. The van der Waals surface area contributed by atoms with E-state index >= 15 is 0 Å². The summed E-state index contributed by atoms with van der Waals surface area (Å²) in [5.74, 6) is 1.58. The summed E-state index contributed by atoms with van der Waals surface area (Å²) in [6, 6.07) is 8.15. The van der Waals surface area contributed by atoms with Gasteiger partial charge in [0, 0.05) is 23.5 Å². The Balaban J connectivity index is 1.48. The summed E-state index contributed by atoms with van der Waals surface area (Å²) in [6.07, 6.45) is 2.22. The van der Waals surface area contributed by atoms with Crippen LogP contribution in [0.1, 0.15) is 31.4 Å². The number of piperidine rings is 1. The molecule has 1 saturated carbocycles. The maximum atomic E-state index is 12.9. The summed E-state index contributed by atoms with van der Waals surface area (Å²) in [7, 11) is 0. The maximum absolute atomic E-state index is 12.9. The number of carbonyl (C=O) groups excluding carboxylic acids is 1. The van der Waals surface area contributed by atoms with E-state index in [1.54, 1.807) is 0 Å². The lowest BCUT2D eigenvalue weighted by molar-refractivity contribution is -0.124. The van der Waals surface area contributed by atoms with Crippen LogP contribution in [0.4, 0.5) is 0 Å². The summed E-state index contributed by atoms with van der Waals surface area (Å²) < 4.78 is 0. The number of hydrogen-bond donors (Lipinski definition) is 4. The number of hydrazine groups is 1. The van der Waals surface area contributed by atoms with Crippen molar-refractivity contribution in [2.75, 3.05) is 13.1 Å². The van der Waals surface area contributed by atoms with Crippen LogP contribution >= 0.6 is 11.6 Å². The van der Waals surface area contributed by atoms with E-state index in [0.717, 1.165) is 36.5 Å². The van der Waals surface area contributed by atoms with E-state index in [1.807, 2.05) is 24.3 Å². The smallest absolute Gasteiger partial charge is 0.239 e. The Morgan fingerprint density at radius 1 is 1.29 bits per heavy atom. The summed E-state index contributed by atoms with van der Waals surface area (Å²) >= 11 is 6.01. The Labute approximate surface area is 147 Å². The molecule has 6 unspecified atom stereocenters. The lowest BCUT2D eigenvalue weighted by Crippen LogP contribution is -2.50. The Kier molecular flexibility index (Phi) is 4.52. The molecule has 1 aromatic rings. The zero-order valence-electron chi connectivity index (χ0n) is 13.9. The van der Waals surface area contributed by atoms with E-state index in [4.69, 9.17) is 11.6 Å². The van der Waals surface area contributed by atoms with Crippen LogP contribution in [0.5, 0.6) is 0 Å². The standard InChI is InChI=1S/C18H25ClN4O/c1-10-8-13(10)16(11-2-4-12(19)5-3-11)21-18(24)17-14-9-20-7-6-15(14)22-23-17/h2-5,10,13-17,20,22-23H,6-9H2,1H3,(H,21,24). The second kappa shape index (κ2) is 6.64. The van der Waals surface area contributed by atoms with Gasteiger partial charge in [0.15, 0.2) is 0 Å². The van der Waals surface area contributed by atoms with E-state index in [9.17, 15) is 4.79 Å². The lowest BCUT2D eigenvalue weighted by Gasteiger charge is -2.29. The van der Waals surface area contributed by atoms with Crippen LogP contribution in [0.3, 0.4) is 0 Å². The fourth-order valence-electron chi connectivity index (χ4n) is 4.14. The molecule has 2 aliphatic heterocycles. The summed E-state index contributed by atoms with van der Waals surface area (Å²) in [6.45, 7) is 4.14. The SMILES string of the molecule is CC1CC1C(NC(=O)C1NNC2CCNCC21)c1ccc(Cl)cc1. The van der Waals surface area contributed by atoms with Gasteiger partial charge in [-0.25, -0.2) is 5.43 Å². The molecule has 130 valence electrons. The van der Waals surface area contributed by atoms with Crippen molar-refractivity contribution in [2.24, 2.45) is 17.8 Å². The maximum Gasteiger partial charge on any atom is 0.239 e. The van der Waals surface area contributed by atoms with Gasteiger partial charge in [-0.2, -0.15) is 0 Å². The van der Waals surface area contributed by atoms with Crippen molar-refractivity contribution >= 4 is 17.5 Å². The molecular formula is C18H25ClN4O. The number of halogens is 1. The van der Waals surface area contributed by atoms with E-state index in [-0.39, 0.29) is 18.0 Å². The lowest BCUT2D eigenvalue weighted by atomic mass is 9.88. The van der Waals surface area contributed by atoms with Gasteiger partial charge in [-0.05, 0) is 48.9 Å². The highest BCUT2D eigenvalue weighted by molar-refractivity contribution is 6.30. The predicted octanol–water partition coefficient (Wildman–Crippen LogP) is 1.61. The summed E-state index contributed by atoms with van der Waals surface area (Å²) in [5.41, 5.74) is 7.65. The molecule has 1 aliphatic carbocycles. The molecule has 0 bridgehead atoms. The number of benzene rings is 1. The second-order valence-electron chi connectivity index (χ2n) is 7.44. The van der Waals surface area contributed by atoms with Crippen molar-refractivity contribution in [3.8, 4) is 0 Å². The molecule has 2 heterocycles. The highest BCUT2D eigenvalue weighted by atomic mass is 35.5. The zero-order valence-corrected chi connectivity index (χ0v) is 14.6. The van der Waals surface area contributed by atoms with Gasteiger partial charge in [-0.15, -0.1) is 0 Å². The van der Waals surface area contributed by atoms with Gasteiger partial charge in [0.25, 0.3) is 0 Å². The van der Waals surface area contributed by atoms with Crippen molar-refractivity contribution in [3.63, 3.8) is 0 Å². The molecule has 24 heavy (non-hydrogen) atoms. The molecule has 1 aromatic carbocycles. The van der Waals surface area contributed by atoms with Gasteiger partial charge in [0.1, 0.15) is 6.04 Å². The molecule has 0 aromatic heterocycles. The molecule has 1 amide bonds. The Bertz CT molecular complexity index is 608. The molecule has 0 radical (unpaired) electrons. The molecule has 0 spiro atoms. The largest absolute Gasteiger partial charge is 0.348 e. The Hall–Kier alpha value is -1.14. The van der Waals surface area contributed by atoms with Crippen LogP contribution in [0.25, 0.3) is 0 Å². The van der Waals surface area contributed by atoms with Crippen LogP contribution < -0.4 is 21.5 Å². The molecule has 6 heteroatoms. The Morgan fingerprint density at radius 3 is 2.75 bits per heavy atom. The van der Waals surface area contributed by atoms with Gasteiger partial charge < -0.3 is 10.6 Å². The third-order valence-corrected chi connectivity index (χ3v) is 6.04. The molecular weight excluding hydrogens is 324 g/mol. The average molecular weight is 349 g/mol. The van der Waals surface area contributed by atoms with Gasteiger partial charge in [0.2, 0.25) is 5.91 Å². The molecule has 3 aliphatic rings.